The predicted molar refractivity (Wildman–Crippen MR) is 58.2 cm³/mol. The minimum Gasteiger partial charge on any atom is -0.381 e. The molecular weight excluding hydrogens is 174 g/mol. The van der Waals surface area contributed by atoms with Crippen LogP contribution in [-0.2, 0) is 0 Å². The van der Waals surface area contributed by atoms with E-state index in [0.717, 1.165) is 11.3 Å². The zero-order valence-electron chi connectivity index (χ0n) is 8.82. The number of carbonyl (C=O) groups is 1. The van der Waals surface area contributed by atoms with Crippen molar-refractivity contribution in [3.05, 3.63) is 47.7 Å². The van der Waals surface area contributed by atoms with Crippen LogP contribution in [0.1, 0.15) is 17.3 Å². The first-order valence-electron chi connectivity index (χ1n) is 4.56. The van der Waals surface area contributed by atoms with E-state index in [9.17, 15) is 4.79 Å². The first kappa shape index (κ1) is 10.5. The summed E-state index contributed by atoms with van der Waals surface area (Å²) in [5, 5.41) is 0. The largest absolute Gasteiger partial charge is 0.381 e. The van der Waals surface area contributed by atoms with Gasteiger partial charge in [0.2, 0.25) is 0 Å². The maximum absolute atomic E-state index is 11.7. The lowest BCUT2D eigenvalue weighted by molar-refractivity contribution is 0.104. The summed E-state index contributed by atoms with van der Waals surface area (Å²) in [6.45, 7) is 1.92. The van der Waals surface area contributed by atoms with Gasteiger partial charge in [0.1, 0.15) is 0 Å². The monoisotopic (exact) mass is 189 g/mol. The molecule has 1 rings (SSSR count). The van der Waals surface area contributed by atoms with Gasteiger partial charge in [-0.05, 0) is 6.92 Å². The molecule has 0 aliphatic carbocycles. The van der Waals surface area contributed by atoms with Gasteiger partial charge in [0.25, 0.3) is 0 Å². The van der Waals surface area contributed by atoms with Crippen LogP contribution < -0.4 is 0 Å². The zero-order valence-corrected chi connectivity index (χ0v) is 8.82. The van der Waals surface area contributed by atoms with E-state index in [1.807, 2.05) is 56.3 Å². The van der Waals surface area contributed by atoms with Gasteiger partial charge in [-0.25, -0.2) is 0 Å². The molecule has 0 heterocycles. The topological polar surface area (TPSA) is 20.3 Å². The van der Waals surface area contributed by atoms with Crippen molar-refractivity contribution >= 4 is 5.78 Å². The average molecular weight is 189 g/mol. The number of rotatable bonds is 3. The molecule has 0 aliphatic rings. The van der Waals surface area contributed by atoms with Gasteiger partial charge in [-0.2, -0.15) is 0 Å². The molecule has 2 heteroatoms. The molecule has 0 amide bonds. The third kappa shape index (κ3) is 2.73. The number of hydrogen-bond donors (Lipinski definition) is 0. The van der Waals surface area contributed by atoms with Crippen molar-refractivity contribution in [3.63, 3.8) is 0 Å². The normalized spacial score (nSPS) is 11.2. The molecule has 1 aromatic carbocycles. The van der Waals surface area contributed by atoms with Crippen molar-refractivity contribution in [2.75, 3.05) is 14.1 Å². The average Bonchev–Trinajstić information content (AvgIpc) is 2.19. The number of benzene rings is 1. The van der Waals surface area contributed by atoms with E-state index in [1.54, 1.807) is 6.08 Å². The summed E-state index contributed by atoms with van der Waals surface area (Å²) in [5.74, 6) is 0.0526. The molecule has 0 unspecified atom stereocenters. The van der Waals surface area contributed by atoms with E-state index < -0.39 is 0 Å². The van der Waals surface area contributed by atoms with E-state index in [4.69, 9.17) is 0 Å². The lowest BCUT2D eigenvalue weighted by Crippen LogP contribution is -2.10. The summed E-state index contributed by atoms with van der Waals surface area (Å²) in [6.07, 6.45) is 1.65. The van der Waals surface area contributed by atoms with E-state index >= 15 is 0 Å². The highest BCUT2D eigenvalue weighted by Crippen LogP contribution is 2.04. The minimum absolute atomic E-state index is 0.0526. The number of allylic oxidation sites excluding steroid dienone is 2. The number of carbonyl (C=O) groups excluding carboxylic acids is 1. The molecular formula is C12H15NO. The molecule has 74 valence electrons. The maximum atomic E-state index is 11.7. The van der Waals surface area contributed by atoms with Gasteiger partial charge in [-0.1, -0.05) is 30.3 Å². The fourth-order valence-corrected chi connectivity index (χ4v) is 1.00. The third-order valence-corrected chi connectivity index (χ3v) is 2.10. The highest BCUT2D eigenvalue weighted by molar-refractivity contribution is 6.04. The SMILES string of the molecule is C/C(=C/C(=O)c1ccccc1)N(C)C. The van der Waals surface area contributed by atoms with E-state index in [2.05, 4.69) is 0 Å². The molecule has 0 aliphatic heterocycles. The first-order valence-corrected chi connectivity index (χ1v) is 4.56. The molecule has 0 N–H and O–H groups in total. The first-order chi connectivity index (χ1) is 6.61. The second-order valence-corrected chi connectivity index (χ2v) is 3.41. The van der Waals surface area contributed by atoms with Gasteiger partial charge in [0, 0.05) is 31.4 Å². The molecule has 0 atom stereocenters. The van der Waals surface area contributed by atoms with Crippen molar-refractivity contribution in [2.45, 2.75) is 6.92 Å². The van der Waals surface area contributed by atoms with Crippen LogP contribution in [0.25, 0.3) is 0 Å². The van der Waals surface area contributed by atoms with Crippen molar-refractivity contribution in [1.29, 1.82) is 0 Å². The summed E-state index contributed by atoms with van der Waals surface area (Å²) < 4.78 is 0. The molecule has 2 nitrogen and oxygen atoms in total. The van der Waals surface area contributed by atoms with Crippen molar-refractivity contribution in [3.8, 4) is 0 Å². The van der Waals surface area contributed by atoms with Crippen LogP contribution in [-0.4, -0.2) is 24.8 Å². The van der Waals surface area contributed by atoms with Gasteiger partial charge in [-0.15, -0.1) is 0 Å². The van der Waals surface area contributed by atoms with Crippen molar-refractivity contribution in [1.82, 2.24) is 4.90 Å². The Balaban J connectivity index is 2.83. The summed E-state index contributed by atoms with van der Waals surface area (Å²) in [4.78, 5) is 13.6. The Bertz CT molecular complexity index is 339. The molecule has 0 saturated heterocycles. The van der Waals surface area contributed by atoms with Crippen molar-refractivity contribution in [2.24, 2.45) is 0 Å². The highest BCUT2D eigenvalue weighted by atomic mass is 16.1. The second kappa shape index (κ2) is 4.61. The molecule has 1 aromatic rings. The Hall–Kier alpha value is -1.57. The Morgan fingerprint density at radius 1 is 1.21 bits per heavy atom. The second-order valence-electron chi connectivity index (χ2n) is 3.41. The van der Waals surface area contributed by atoms with E-state index in [0.29, 0.717) is 0 Å². The molecule has 0 spiro atoms. The summed E-state index contributed by atoms with van der Waals surface area (Å²) >= 11 is 0. The minimum atomic E-state index is 0.0526. The van der Waals surface area contributed by atoms with Crippen LogP contribution >= 0.6 is 0 Å². The third-order valence-electron chi connectivity index (χ3n) is 2.10. The van der Waals surface area contributed by atoms with Crippen LogP contribution in [0.3, 0.4) is 0 Å². The van der Waals surface area contributed by atoms with Gasteiger partial charge in [0.15, 0.2) is 5.78 Å². The molecule has 0 saturated carbocycles. The predicted octanol–water partition coefficient (Wildman–Crippen LogP) is 2.33. The fourth-order valence-electron chi connectivity index (χ4n) is 1.00. The molecule has 14 heavy (non-hydrogen) atoms. The lowest BCUT2D eigenvalue weighted by Gasteiger charge is -2.11. The summed E-state index contributed by atoms with van der Waals surface area (Å²) in [7, 11) is 3.84. The maximum Gasteiger partial charge on any atom is 0.187 e. The van der Waals surface area contributed by atoms with Gasteiger partial charge >= 0.3 is 0 Å². The van der Waals surface area contributed by atoms with Crippen LogP contribution in [0.4, 0.5) is 0 Å². The number of hydrogen-bond acceptors (Lipinski definition) is 2. The molecule has 0 fully saturated rings. The Kier molecular flexibility index (Phi) is 3.46. The van der Waals surface area contributed by atoms with Crippen LogP contribution in [0.5, 0.6) is 0 Å². The number of nitrogens with zero attached hydrogens (tertiary/aromatic N) is 1. The fraction of sp³-hybridized carbons (Fsp3) is 0.250. The van der Waals surface area contributed by atoms with Crippen molar-refractivity contribution < 1.29 is 4.79 Å². The van der Waals surface area contributed by atoms with Crippen LogP contribution in [0, 0.1) is 0 Å². The quantitative estimate of drug-likeness (QED) is 0.537. The highest BCUT2D eigenvalue weighted by Gasteiger charge is 2.02. The van der Waals surface area contributed by atoms with E-state index in [1.165, 1.54) is 0 Å². The summed E-state index contributed by atoms with van der Waals surface area (Å²) in [5.41, 5.74) is 1.69. The van der Waals surface area contributed by atoms with Gasteiger partial charge in [0.05, 0.1) is 0 Å². The molecule has 0 aromatic heterocycles. The van der Waals surface area contributed by atoms with Crippen LogP contribution in [0.2, 0.25) is 0 Å². The molecule has 0 radical (unpaired) electrons. The van der Waals surface area contributed by atoms with E-state index in [-0.39, 0.29) is 5.78 Å². The lowest BCUT2D eigenvalue weighted by atomic mass is 10.1. The smallest absolute Gasteiger partial charge is 0.187 e. The number of ketones is 1. The Morgan fingerprint density at radius 3 is 2.29 bits per heavy atom. The van der Waals surface area contributed by atoms with Crippen LogP contribution in [0.15, 0.2) is 42.1 Å². The zero-order chi connectivity index (χ0) is 10.6. The van der Waals surface area contributed by atoms with Gasteiger partial charge in [-0.3, -0.25) is 4.79 Å². The Morgan fingerprint density at radius 2 is 1.79 bits per heavy atom. The van der Waals surface area contributed by atoms with Gasteiger partial charge < -0.3 is 4.90 Å². The molecule has 0 bridgehead atoms. The summed E-state index contributed by atoms with van der Waals surface area (Å²) in [6, 6.07) is 9.28. The standard InChI is InChI=1S/C12H15NO/c1-10(13(2)3)9-12(14)11-7-5-4-6-8-11/h4-9H,1-3H3/b10-9-. The Labute approximate surface area is 84.9 Å².